The molecule has 2 rings (SSSR count). The Bertz CT molecular complexity index is 429. The van der Waals surface area contributed by atoms with Gasteiger partial charge < -0.3 is 9.47 Å². The summed E-state index contributed by atoms with van der Waals surface area (Å²) in [4.78, 5) is 6.36. The number of nitrogens with zero attached hydrogens (tertiary/aromatic N) is 3. The molecule has 3 heteroatoms. The van der Waals surface area contributed by atoms with Crippen LogP contribution in [0.5, 0.6) is 0 Å². The van der Waals surface area contributed by atoms with E-state index >= 15 is 0 Å². The maximum atomic E-state index is 4.33. The molecule has 0 aliphatic carbocycles. The van der Waals surface area contributed by atoms with Crippen LogP contribution in [0, 0.1) is 0 Å². The summed E-state index contributed by atoms with van der Waals surface area (Å²) in [6.45, 7) is 0. The first-order chi connectivity index (χ1) is 6.20. The van der Waals surface area contributed by atoms with Crippen molar-refractivity contribution >= 4 is 16.7 Å². The lowest BCUT2D eigenvalue weighted by Crippen LogP contribution is -2.10. The lowest BCUT2D eigenvalue weighted by atomic mass is 10.3. The van der Waals surface area contributed by atoms with E-state index < -0.39 is 0 Å². The Labute approximate surface area is 77.6 Å². The lowest BCUT2D eigenvalue weighted by Gasteiger charge is -2.11. The molecule has 68 valence electrons. The summed E-state index contributed by atoms with van der Waals surface area (Å²) in [5.41, 5.74) is 1.22. The van der Waals surface area contributed by atoms with Crippen molar-refractivity contribution in [2.45, 2.75) is 0 Å². The zero-order valence-electron chi connectivity index (χ0n) is 8.15. The largest absolute Gasteiger partial charge is 0.362 e. The number of aryl methyl sites for hydroxylation is 1. The number of hydrogen-bond donors (Lipinski definition) is 0. The molecule has 0 aliphatic heterocycles. The van der Waals surface area contributed by atoms with Crippen molar-refractivity contribution in [2.75, 3.05) is 19.0 Å². The Hall–Kier alpha value is -1.51. The molecule has 0 amide bonds. The Morgan fingerprint density at radius 1 is 1.31 bits per heavy atom. The monoisotopic (exact) mass is 175 g/mol. The first-order valence-electron chi connectivity index (χ1n) is 4.27. The van der Waals surface area contributed by atoms with Crippen LogP contribution in [0.25, 0.3) is 10.9 Å². The summed E-state index contributed by atoms with van der Waals surface area (Å²) in [5, 5.41) is 1.20. The van der Waals surface area contributed by atoms with Crippen LogP contribution in [-0.4, -0.2) is 23.6 Å². The predicted molar refractivity (Wildman–Crippen MR) is 55.0 cm³/mol. The highest BCUT2D eigenvalue weighted by Crippen LogP contribution is 2.22. The Balaban J connectivity index is 2.77. The first kappa shape index (κ1) is 8.10. The highest BCUT2D eigenvalue weighted by atomic mass is 15.1. The highest BCUT2D eigenvalue weighted by molar-refractivity contribution is 5.90. The van der Waals surface area contributed by atoms with Gasteiger partial charge in [0.15, 0.2) is 0 Å². The van der Waals surface area contributed by atoms with Crippen LogP contribution in [0.2, 0.25) is 0 Å². The SMILES string of the molecule is CN(C)c1nccc2c1ccn2C. The first-order valence-corrected chi connectivity index (χ1v) is 4.27. The van der Waals surface area contributed by atoms with Gasteiger partial charge >= 0.3 is 0 Å². The van der Waals surface area contributed by atoms with Crippen molar-refractivity contribution in [3.05, 3.63) is 24.5 Å². The van der Waals surface area contributed by atoms with Crippen LogP contribution in [-0.2, 0) is 7.05 Å². The molecule has 0 bridgehead atoms. The molecule has 2 aromatic rings. The third kappa shape index (κ3) is 1.16. The average molecular weight is 175 g/mol. The smallest absolute Gasteiger partial charge is 0.137 e. The van der Waals surface area contributed by atoms with Gasteiger partial charge in [0.1, 0.15) is 5.82 Å². The van der Waals surface area contributed by atoms with Gasteiger partial charge in [0.05, 0.1) is 5.52 Å². The molecule has 2 heterocycles. The summed E-state index contributed by atoms with van der Waals surface area (Å²) in [5.74, 6) is 1.03. The van der Waals surface area contributed by atoms with Gasteiger partial charge in [-0.2, -0.15) is 0 Å². The molecule has 0 unspecified atom stereocenters. The number of anilines is 1. The highest BCUT2D eigenvalue weighted by Gasteiger charge is 2.05. The van der Waals surface area contributed by atoms with Crippen molar-refractivity contribution in [1.29, 1.82) is 0 Å². The fraction of sp³-hybridized carbons (Fsp3) is 0.300. The molecule has 0 saturated heterocycles. The zero-order chi connectivity index (χ0) is 9.42. The van der Waals surface area contributed by atoms with Gasteiger partial charge in [-0.3, -0.25) is 0 Å². The van der Waals surface area contributed by atoms with E-state index in [0.29, 0.717) is 0 Å². The fourth-order valence-corrected chi connectivity index (χ4v) is 1.54. The molecule has 0 saturated carbocycles. The number of pyridine rings is 1. The summed E-state index contributed by atoms with van der Waals surface area (Å²) < 4.78 is 2.10. The molecule has 0 atom stereocenters. The molecule has 3 nitrogen and oxygen atoms in total. The van der Waals surface area contributed by atoms with E-state index in [2.05, 4.69) is 21.8 Å². The quantitative estimate of drug-likeness (QED) is 0.657. The summed E-state index contributed by atoms with van der Waals surface area (Å²) in [6.07, 6.45) is 3.90. The second kappa shape index (κ2) is 2.76. The van der Waals surface area contributed by atoms with Crippen molar-refractivity contribution in [1.82, 2.24) is 9.55 Å². The van der Waals surface area contributed by atoms with Gasteiger partial charge in [0, 0.05) is 38.9 Å². The minimum atomic E-state index is 1.03. The van der Waals surface area contributed by atoms with Gasteiger partial charge in [0.25, 0.3) is 0 Å². The second-order valence-corrected chi connectivity index (χ2v) is 3.39. The van der Waals surface area contributed by atoms with E-state index in [1.165, 1.54) is 10.9 Å². The van der Waals surface area contributed by atoms with Crippen LogP contribution >= 0.6 is 0 Å². The molecule has 0 radical (unpaired) electrons. The number of fused-ring (bicyclic) bond motifs is 1. The number of rotatable bonds is 1. The summed E-state index contributed by atoms with van der Waals surface area (Å²) >= 11 is 0. The van der Waals surface area contributed by atoms with Crippen molar-refractivity contribution < 1.29 is 0 Å². The molecular weight excluding hydrogens is 162 g/mol. The lowest BCUT2D eigenvalue weighted by molar-refractivity contribution is 0.967. The third-order valence-corrected chi connectivity index (χ3v) is 2.21. The minimum absolute atomic E-state index is 1.03. The van der Waals surface area contributed by atoms with Gasteiger partial charge in [-0.05, 0) is 12.1 Å². The van der Waals surface area contributed by atoms with E-state index in [4.69, 9.17) is 0 Å². The fourth-order valence-electron chi connectivity index (χ4n) is 1.54. The van der Waals surface area contributed by atoms with Gasteiger partial charge in [0.2, 0.25) is 0 Å². The average Bonchev–Trinajstić information content (AvgIpc) is 2.48. The molecule has 0 aromatic carbocycles. The molecule has 13 heavy (non-hydrogen) atoms. The van der Waals surface area contributed by atoms with E-state index in [1.54, 1.807) is 0 Å². The van der Waals surface area contributed by atoms with E-state index in [0.717, 1.165) is 5.82 Å². The van der Waals surface area contributed by atoms with E-state index in [-0.39, 0.29) is 0 Å². The predicted octanol–water partition coefficient (Wildman–Crippen LogP) is 1.64. The van der Waals surface area contributed by atoms with Crippen LogP contribution in [0.1, 0.15) is 0 Å². The van der Waals surface area contributed by atoms with Crippen molar-refractivity contribution in [2.24, 2.45) is 7.05 Å². The number of hydrogen-bond acceptors (Lipinski definition) is 2. The molecule has 0 N–H and O–H groups in total. The molecule has 0 fully saturated rings. The summed E-state index contributed by atoms with van der Waals surface area (Å²) in [7, 11) is 6.06. The molecular formula is C10H13N3. The van der Waals surface area contributed by atoms with Crippen LogP contribution in [0.15, 0.2) is 24.5 Å². The second-order valence-electron chi connectivity index (χ2n) is 3.39. The van der Waals surface area contributed by atoms with Crippen LogP contribution < -0.4 is 4.90 Å². The topological polar surface area (TPSA) is 21.1 Å². The van der Waals surface area contributed by atoms with Gasteiger partial charge in [-0.15, -0.1) is 0 Å². The van der Waals surface area contributed by atoms with E-state index in [9.17, 15) is 0 Å². The van der Waals surface area contributed by atoms with Crippen molar-refractivity contribution in [3.8, 4) is 0 Å². The minimum Gasteiger partial charge on any atom is -0.362 e. The normalized spacial score (nSPS) is 10.7. The van der Waals surface area contributed by atoms with Crippen molar-refractivity contribution in [3.63, 3.8) is 0 Å². The maximum Gasteiger partial charge on any atom is 0.137 e. The van der Waals surface area contributed by atoms with Crippen LogP contribution in [0.4, 0.5) is 5.82 Å². The van der Waals surface area contributed by atoms with Gasteiger partial charge in [-0.25, -0.2) is 4.98 Å². The molecule has 0 aliphatic rings. The molecule has 0 spiro atoms. The Kier molecular flexibility index (Phi) is 1.72. The standard InChI is InChI=1S/C10H13N3/c1-12(2)10-8-5-7-13(3)9(8)4-6-11-10/h4-7H,1-3H3. The third-order valence-electron chi connectivity index (χ3n) is 2.21. The van der Waals surface area contributed by atoms with Gasteiger partial charge in [-0.1, -0.05) is 0 Å². The Morgan fingerprint density at radius 2 is 2.08 bits per heavy atom. The molecule has 2 aromatic heterocycles. The Morgan fingerprint density at radius 3 is 2.77 bits per heavy atom. The summed E-state index contributed by atoms with van der Waals surface area (Å²) in [6, 6.07) is 4.12. The maximum absolute atomic E-state index is 4.33. The van der Waals surface area contributed by atoms with E-state index in [1.807, 2.05) is 38.3 Å². The van der Waals surface area contributed by atoms with Crippen LogP contribution in [0.3, 0.4) is 0 Å². The zero-order valence-corrected chi connectivity index (χ0v) is 8.15. The number of aromatic nitrogens is 2.